The van der Waals surface area contributed by atoms with Crippen molar-refractivity contribution in [1.82, 2.24) is 4.72 Å². The van der Waals surface area contributed by atoms with Gasteiger partial charge in [0.1, 0.15) is 4.90 Å². The SMILES string of the molecule is CC(NS(=O)(=O)c1c(Cl)cc(Br)cc1Cl)/C(N)=N/O. The molecule has 0 saturated heterocycles. The highest BCUT2D eigenvalue weighted by Gasteiger charge is 2.25. The van der Waals surface area contributed by atoms with Crippen molar-refractivity contribution in [3.8, 4) is 0 Å². The zero-order chi connectivity index (χ0) is 14.8. The maximum absolute atomic E-state index is 12.1. The molecular formula is C9H10BrCl2N3O3S. The first-order valence-electron chi connectivity index (χ1n) is 4.83. The molecule has 0 aromatic heterocycles. The van der Waals surface area contributed by atoms with Gasteiger partial charge in [0, 0.05) is 4.47 Å². The largest absolute Gasteiger partial charge is 0.409 e. The second-order valence-electron chi connectivity index (χ2n) is 3.57. The summed E-state index contributed by atoms with van der Waals surface area (Å²) in [5, 5.41) is 11.1. The predicted octanol–water partition coefficient (Wildman–Crippen LogP) is 2.17. The number of benzene rings is 1. The molecule has 6 nitrogen and oxygen atoms in total. The molecule has 1 unspecified atom stereocenters. The fourth-order valence-electron chi connectivity index (χ4n) is 1.22. The Kier molecular flexibility index (Phi) is 5.45. The molecule has 0 spiro atoms. The number of nitrogens with one attached hydrogen (secondary N) is 1. The van der Waals surface area contributed by atoms with Crippen molar-refractivity contribution >= 4 is 55.0 Å². The van der Waals surface area contributed by atoms with Crippen molar-refractivity contribution in [2.24, 2.45) is 10.9 Å². The van der Waals surface area contributed by atoms with Gasteiger partial charge in [-0.3, -0.25) is 0 Å². The molecule has 0 fully saturated rings. The molecule has 19 heavy (non-hydrogen) atoms. The third-order valence-electron chi connectivity index (χ3n) is 2.12. The monoisotopic (exact) mass is 389 g/mol. The Hall–Kier alpha value is -0.540. The first-order chi connectivity index (χ1) is 8.69. The Bertz CT molecular complexity index is 598. The number of oxime groups is 1. The highest BCUT2D eigenvalue weighted by molar-refractivity contribution is 9.10. The molecule has 1 rings (SSSR count). The van der Waals surface area contributed by atoms with E-state index in [1.54, 1.807) is 0 Å². The van der Waals surface area contributed by atoms with Crippen LogP contribution in [0.2, 0.25) is 10.0 Å². The average Bonchev–Trinajstić information content (AvgIpc) is 2.24. The van der Waals surface area contributed by atoms with Crippen LogP contribution in [0.15, 0.2) is 26.7 Å². The second-order valence-corrected chi connectivity index (χ2v) is 6.95. The van der Waals surface area contributed by atoms with E-state index in [1.165, 1.54) is 19.1 Å². The molecule has 0 aliphatic rings. The number of halogens is 3. The van der Waals surface area contributed by atoms with Crippen LogP contribution in [0.25, 0.3) is 0 Å². The average molecular weight is 391 g/mol. The topological polar surface area (TPSA) is 105 Å². The van der Waals surface area contributed by atoms with Crippen LogP contribution < -0.4 is 10.5 Å². The highest BCUT2D eigenvalue weighted by Crippen LogP contribution is 2.32. The maximum atomic E-state index is 12.1. The molecule has 1 aromatic rings. The van der Waals surface area contributed by atoms with Crippen LogP contribution in [0.3, 0.4) is 0 Å². The summed E-state index contributed by atoms with van der Waals surface area (Å²) in [4.78, 5) is -0.267. The molecule has 0 aliphatic heterocycles. The van der Waals surface area contributed by atoms with Gasteiger partial charge in [-0.15, -0.1) is 0 Å². The number of hydrogen-bond acceptors (Lipinski definition) is 4. The molecule has 0 saturated carbocycles. The lowest BCUT2D eigenvalue weighted by Gasteiger charge is -2.14. The van der Waals surface area contributed by atoms with Gasteiger partial charge >= 0.3 is 0 Å². The van der Waals surface area contributed by atoms with E-state index in [-0.39, 0.29) is 20.8 Å². The zero-order valence-electron chi connectivity index (χ0n) is 9.56. The molecule has 0 amide bonds. The van der Waals surface area contributed by atoms with E-state index in [9.17, 15) is 8.42 Å². The summed E-state index contributed by atoms with van der Waals surface area (Å²) in [6.07, 6.45) is 0. The predicted molar refractivity (Wildman–Crippen MR) is 77.4 cm³/mol. The Morgan fingerprint density at radius 1 is 1.47 bits per heavy atom. The first-order valence-corrected chi connectivity index (χ1v) is 7.86. The number of amidine groups is 1. The summed E-state index contributed by atoms with van der Waals surface area (Å²) in [6.45, 7) is 1.41. The van der Waals surface area contributed by atoms with Gasteiger partial charge in [-0.2, -0.15) is 0 Å². The molecule has 10 heteroatoms. The minimum Gasteiger partial charge on any atom is -0.409 e. The molecule has 4 N–H and O–H groups in total. The van der Waals surface area contributed by atoms with Gasteiger partial charge < -0.3 is 10.9 Å². The number of nitrogens with two attached hydrogens (primary N) is 1. The van der Waals surface area contributed by atoms with Crippen molar-refractivity contribution in [2.45, 2.75) is 17.9 Å². The molecular weight excluding hydrogens is 381 g/mol. The van der Waals surface area contributed by atoms with Crippen LogP contribution in [0, 0.1) is 0 Å². The fraction of sp³-hybridized carbons (Fsp3) is 0.222. The van der Waals surface area contributed by atoms with Gasteiger partial charge in [0.25, 0.3) is 0 Å². The van der Waals surface area contributed by atoms with Crippen molar-refractivity contribution < 1.29 is 13.6 Å². The third-order valence-corrected chi connectivity index (χ3v) is 5.04. The Labute approximate surface area is 128 Å². The minimum absolute atomic E-state index is 0.0430. The standard InChI is InChI=1S/C9H10BrCl2N3O3S/c1-4(9(13)14-16)15-19(17,18)8-6(11)2-5(10)3-7(8)12/h2-4,15-16H,1H3,(H2,13,14). The zero-order valence-corrected chi connectivity index (χ0v) is 13.5. The number of nitrogens with zero attached hydrogens (tertiary/aromatic N) is 1. The van der Waals surface area contributed by atoms with Gasteiger partial charge in [-0.25, -0.2) is 13.1 Å². The molecule has 1 atom stereocenters. The van der Waals surface area contributed by atoms with E-state index in [1.807, 2.05) is 0 Å². The smallest absolute Gasteiger partial charge is 0.244 e. The van der Waals surface area contributed by atoms with Gasteiger partial charge in [0.2, 0.25) is 10.0 Å². The number of sulfonamides is 1. The Morgan fingerprint density at radius 3 is 2.37 bits per heavy atom. The normalized spacial score (nSPS) is 14.4. The first kappa shape index (κ1) is 16.5. The maximum Gasteiger partial charge on any atom is 0.244 e. The summed E-state index contributed by atoms with van der Waals surface area (Å²) in [5.74, 6) is -0.284. The Balaban J connectivity index is 3.22. The minimum atomic E-state index is -4.00. The van der Waals surface area contributed by atoms with Crippen molar-refractivity contribution in [1.29, 1.82) is 0 Å². The third kappa shape index (κ3) is 3.96. The molecule has 0 radical (unpaired) electrons. The van der Waals surface area contributed by atoms with E-state index in [0.717, 1.165) is 0 Å². The van der Waals surface area contributed by atoms with Gasteiger partial charge in [-0.05, 0) is 19.1 Å². The van der Waals surface area contributed by atoms with Crippen LogP contribution >= 0.6 is 39.1 Å². The summed E-state index contributed by atoms with van der Waals surface area (Å²) in [6, 6.07) is 1.89. The summed E-state index contributed by atoms with van der Waals surface area (Å²) < 4.78 is 27.0. The lowest BCUT2D eigenvalue weighted by atomic mass is 10.3. The Morgan fingerprint density at radius 2 is 1.95 bits per heavy atom. The van der Waals surface area contributed by atoms with Crippen molar-refractivity contribution in [3.63, 3.8) is 0 Å². The second kappa shape index (κ2) is 6.27. The number of hydrogen-bond donors (Lipinski definition) is 3. The van der Waals surface area contributed by atoms with E-state index < -0.39 is 16.1 Å². The van der Waals surface area contributed by atoms with E-state index in [2.05, 4.69) is 25.8 Å². The van der Waals surface area contributed by atoms with E-state index in [4.69, 9.17) is 34.1 Å². The van der Waals surface area contributed by atoms with Crippen molar-refractivity contribution in [3.05, 3.63) is 26.7 Å². The summed E-state index contributed by atoms with van der Waals surface area (Å²) in [7, 11) is -4.00. The molecule has 0 aliphatic carbocycles. The summed E-state index contributed by atoms with van der Waals surface area (Å²) in [5.41, 5.74) is 5.30. The number of rotatable bonds is 4. The van der Waals surface area contributed by atoms with Crippen LogP contribution in [0.5, 0.6) is 0 Å². The fourth-order valence-corrected chi connectivity index (χ4v) is 4.38. The molecule has 0 heterocycles. The van der Waals surface area contributed by atoms with Crippen LogP contribution in [-0.4, -0.2) is 25.5 Å². The van der Waals surface area contributed by atoms with Gasteiger partial charge in [0.15, 0.2) is 5.84 Å². The van der Waals surface area contributed by atoms with E-state index >= 15 is 0 Å². The quantitative estimate of drug-likeness (QED) is 0.317. The molecule has 0 bridgehead atoms. The van der Waals surface area contributed by atoms with Crippen LogP contribution in [0.1, 0.15) is 6.92 Å². The van der Waals surface area contributed by atoms with Crippen LogP contribution in [-0.2, 0) is 10.0 Å². The van der Waals surface area contributed by atoms with Crippen molar-refractivity contribution in [2.75, 3.05) is 0 Å². The lowest BCUT2D eigenvalue weighted by Crippen LogP contribution is -2.42. The lowest BCUT2D eigenvalue weighted by molar-refractivity contribution is 0.316. The van der Waals surface area contributed by atoms with Gasteiger partial charge in [-0.1, -0.05) is 44.3 Å². The molecule has 1 aromatic carbocycles. The van der Waals surface area contributed by atoms with E-state index in [0.29, 0.717) is 4.47 Å². The van der Waals surface area contributed by atoms with Crippen LogP contribution in [0.4, 0.5) is 0 Å². The highest BCUT2D eigenvalue weighted by atomic mass is 79.9. The van der Waals surface area contributed by atoms with Gasteiger partial charge in [0.05, 0.1) is 16.1 Å². The molecule has 106 valence electrons. The summed E-state index contributed by atoms with van der Waals surface area (Å²) >= 11 is 14.9.